The monoisotopic (exact) mass is 248 g/mol. The second kappa shape index (κ2) is 5.68. The first-order valence-corrected chi connectivity index (χ1v) is 6.49. The van der Waals surface area contributed by atoms with Gasteiger partial charge < -0.3 is 5.32 Å². The van der Waals surface area contributed by atoms with E-state index in [9.17, 15) is 4.39 Å². The Morgan fingerprint density at radius 3 is 2.53 bits per heavy atom. The van der Waals surface area contributed by atoms with Gasteiger partial charge in [-0.2, -0.15) is 0 Å². The number of hydrogen-bond acceptors (Lipinski definition) is 3. The van der Waals surface area contributed by atoms with Crippen molar-refractivity contribution >= 4 is 17.4 Å². The first-order valence-electron chi connectivity index (χ1n) is 5.26. The first-order chi connectivity index (χ1) is 8.28. The molecule has 0 bridgehead atoms. The average Bonchev–Trinajstić information content (AvgIpc) is 2.39. The Kier molecular flexibility index (Phi) is 3.98. The summed E-state index contributed by atoms with van der Waals surface area (Å²) in [5.41, 5.74) is 2.01. The fraction of sp³-hybridized carbons (Fsp3) is 0.154. The molecule has 17 heavy (non-hydrogen) atoms. The SMILES string of the molecule is CSc1ccc(NCc2ccc(F)cc2)cn1. The van der Waals surface area contributed by atoms with Crippen LogP contribution in [0.25, 0.3) is 0 Å². The summed E-state index contributed by atoms with van der Waals surface area (Å²) in [5, 5.41) is 4.24. The normalized spacial score (nSPS) is 10.2. The molecule has 2 rings (SSSR count). The van der Waals surface area contributed by atoms with E-state index in [1.54, 1.807) is 30.1 Å². The Bertz CT molecular complexity index is 468. The maximum Gasteiger partial charge on any atom is 0.123 e. The van der Waals surface area contributed by atoms with Crippen molar-refractivity contribution < 1.29 is 4.39 Å². The zero-order valence-corrected chi connectivity index (χ0v) is 10.3. The molecule has 0 amide bonds. The summed E-state index contributed by atoms with van der Waals surface area (Å²) in [6.45, 7) is 0.667. The number of pyridine rings is 1. The van der Waals surface area contributed by atoms with Crippen LogP contribution in [0.4, 0.5) is 10.1 Å². The molecule has 0 aliphatic rings. The third-order valence-electron chi connectivity index (χ3n) is 2.36. The quantitative estimate of drug-likeness (QED) is 0.837. The van der Waals surface area contributed by atoms with E-state index in [1.807, 2.05) is 18.4 Å². The van der Waals surface area contributed by atoms with Gasteiger partial charge in [0.15, 0.2) is 0 Å². The topological polar surface area (TPSA) is 24.9 Å². The molecular weight excluding hydrogens is 235 g/mol. The summed E-state index contributed by atoms with van der Waals surface area (Å²) in [5.74, 6) is -0.209. The third-order valence-corrected chi connectivity index (χ3v) is 3.02. The number of thioether (sulfide) groups is 1. The summed E-state index contributed by atoms with van der Waals surface area (Å²) in [6.07, 6.45) is 3.79. The van der Waals surface area contributed by atoms with Gasteiger partial charge >= 0.3 is 0 Å². The van der Waals surface area contributed by atoms with Crippen molar-refractivity contribution in [2.75, 3.05) is 11.6 Å². The molecule has 0 saturated heterocycles. The van der Waals surface area contributed by atoms with Crippen molar-refractivity contribution in [3.05, 3.63) is 54.0 Å². The minimum Gasteiger partial charge on any atom is -0.380 e. The summed E-state index contributed by atoms with van der Waals surface area (Å²) in [7, 11) is 0. The fourth-order valence-corrected chi connectivity index (χ4v) is 1.77. The van der Waals surface area contributed by atoms with Crippen molar-refractivity contribution in [3.63, 3.8) is 0 Å². The molecule has 2 nitrogen and oxygen atoms in total. The largest absolute Gasteiger partial charge is 0.380 e. The molecule has 0 fully saturated rings. The van der Waals surface area contributed by atoms with Crippen molar-refractivity contribution in [1.29, 1.82) is 0 Å². The predicted octanol–water partition coefficient (Wildman–Crippen LogP) is 3.55. The van der Waals surface area contributed by atoms with Crippen LogP contribution in [0.2, 0.25) is 0 Å². The average molecular weight is 248 g/mol. The number of rotatable bonds is 4. The number of halogens is 1. The van der Waals surface area contributed by atoms with E-state index in [0.717, 1.165) is 16.3 Å². The van der Waals surface area contributed by atoms with E-state index in [4.69, 9.17) is 0 Å². The Morgan fingerprint density at radius 2 is 1.94 bits per heavy atom. The van der Waals surface area contributed by atoms with E-state index in [1.165, 1.54) is 12.1 Å². The lowest BCUT2D eigenvalue weighted by atomic mass is 10.2. The lowest BCUT2D eigenvalue weighted by Crippen LogP contribution is -1.99. The van der Waals surface area contributed by atoms with Gasteiger partial charge in [-0.25, -0.2) is 9.37 Å². The summed E-state index contributed by atoms with van der Waals surface area (Å²) >= 11 is 1.61. The van der Waals surface area contributed by atoms with E-state index in [-0.39, 0.29) is 5.82 Å². The Balaban J connectivity index is 1.95. The van der Waals surface area contributed by atoms with Crippen molar-refractivity contribution in [3.8, 4) is 0 Å². The van der Waals surface area contributed by atoms with Crippen LogP contribution in [-0.2, 0) is 6.54 Å². The maximum absolute atomic E-state index is 12.7. The maximum atomic E-state index is 12.7. The van der Waals surface area contributed by atoms with Gasteiger partial charge in [-0.05, 0) is 36.1 Å². The highest BCUT2D eigenvalue weighted by molar-refractivity contribution is 7.98. The van der Waals surface area contributed by atoms with Crippen LogP contribution in [0.1, 0.15) is 5.56 Å². The summed E-state index contributed by atoms with van der Waals surface area (Å²) in [4.78, 5) is 4.26. The van der Waals surface area contributed by atoms with Gasteiger partial charge in [0.2, 0.25) is 0 Å². The number of anilines is 1. The molecule has 0 radical (unpaired) electrons. The number of nitrogens with zero attached hydrogens (tertiary/aromatic N) is 1. The van der Waals surface area contributed by atoms with Crippen LogP contribution in [-0.4, -0.2) is 11.2 Å². The molecular formula is C13H13FN2S. The van der Waals surface area contributed by atoms with Crippen molar-refractivity contribution in [2.24, 2.45) is 0 Å². The Morgan fingerprint density at radius 1 is 1.18 bits per heavy atom. The standard InChI is InChI=1S/C13H13FN2S/c1-17-13-7-6-12(9-16-13)15-8-10-2-4-11(14)5-3-10/h2-7,9,15H,8H2,1H3. The lowest BCUT2D eigenvalue weighted by Gasteiger charge is -2.06. The molecule has 0 saturated carbocycles. The number of nitrogens with one attached hydrogen (secondary N) is 1. The number of hydrogen-bond donors (Lipinski definition) is 1. The molecule has 1 heterocycles. The van der Waals surface area contributed by atoms with E-state index < -0.39 is 0 Å². The second-order valence-corrected chi connectivity index (χ2v) is 4.40. The minimum absolute atomic E-state index is 0.209. The van der Waals surface area contributed by atoms with Gasteiger partial charge in [0.1, 0.15) is 5.82 Å². The van der Waals surface area contributed by atoms with Crippen LogP contribution in [0.3, 0.4) is 0 Å². The molecule has 0 unspecified atom stereocenters. The third kappa shape index (κ3) is 3.46. The number of aromatic nitrogens is 1. The molecule has 2 aromatic rings. The molecule has 1 aromatic carbocycles. The van der Waals surface area contributed by atoms with Crippen LogP contribution in [0.5, 0.6) is 0 Å². The van der Waals surface area contributed by atoms with Gasteiger partial charge in [0.25, 0.3) is 0 Å². The van der Waals surface area contributed by atoms with Crippen LogP contribution in [0.15, 0.2) is 47.6 Å². The summed E-state index contributed by atoms with van der Waals surface area (Å²) < 4.78 is 12.7. The molecule has 1 N–H and O–H groups in total. The zero-order chi connectivity index (χ0) is 12.1. The van der Waals surface area contributed by atoms with Crippen molar-refractivity contribution in [1.82, 2.24) is 4.98 Å². The van der Waals surface area contributed by atoms with E-state index >= 15 is 0 Å². The van der Waals surface area contributed by atoms with Crippen LogP contribution >= 0.6 is 11.8 Å². The highest BCUT2D eigenvalue weighted by Crippen LogP contribution is 2.14. The highest BCUT2D eigenvalue weighted by atomic mass is 32.2. The fourth-order valence-electron chi connectivity index (χ4n) is 1.41. The second-order valence-electron chi connectivity index (χ2n) is 3.57. The lowest BCUT2D eigenvalue weighted by molar-refractivity contribution is 0.627. The van der Waals surface area contributed by atoms with Crippen molar-refractivity contribution in [2.45, 2.75) is 11.6 Å². The van der Waals surface area contributed by atoms with E-state index in [2.05, 4.69) is 10.3 Å². The molecule has 0 atom stereocenters. The summed E-state index contributed by atoms with van der Waals surface area (Å²) in [6, 6.07) is 10.4. The van der Waals surface area contributed by atoms with Gasteiger partial charge in [0, 0.05) is 6.54 Å². The zero-order valence-electron chi connectivity index (χ0n) is 9.48. The Labute approximate surface area is 104 Å². The molecule has 88 valence electrons. The van der Waals surface area contributed by atoms with Gasteiger partial charge in [-0.15, -0.1) is 11.8 Å². The number of benzene rings is 1. The minimum atomic E-state index is -0.209. The van der Waals surface area contributed by atoms with Crippen LogP contribution < -0.4 is 5.32 Å². The van der Waals surface area contributed by atoms with E-state index in [0.29, 0.717) is 6.54 Å². The highest BCUT2D eigenvalue weighted by Gasteiger charge is 1.96. The Hall–Kier alpha value is -1.55. The molecule has 1 aromatic heterocycles. The smallest absolute Gasteiger partial charge is 0.123 e. The van der Waals surface area contributed by atoms with Gasteiger partial charge in [-0.1, -0.05) is 12.1 Å². The van der Waals surface area contributed by atoms with Crippen LogP contribution in [0, 0.1) is 5.82 Å². The molecule has 4 heteroatoms. The molecule has 0 aliphatic heterocycles. The van der Waals surface area contributed by atoms with Gasteiger partial charge in [0.05, 0.1) is 16.9 Å². The molecule has 0 aliphatic carbocycles. The first kappa shape index (κ1) is 11.9. The van der Waals surface area contributed by atoms with Gasteiger partial charge in [-0.3, -0.25) is 0 Å². The predicted molar refractivity (Wildman–Crippen MR) is 69.7 cm³/mol. The molecule has 0 spiro atoms.